The number of hydrogen-bond acceptors (Lipinski definition) is 24. The first-order valence-electron chi connectivity index (χ1n) is 34.3. The molecule has 4 rings (SSSR count). The van der Waals surface area contributed by atoms with E-state index in [0.29, 0.717) is 12.8 Å². The number of amides is 2. The molecular formula is C64H120N2O24. The third-order valence-corrected chi connectivity index (χ3v) is 18.1. The predicted molar refractivity (Wildman–Crippen MR) is 328 cm³/mol. The molecule has 0 aliphatic carbocycles. The summed E-state index contributed by atoms with van der Waals surface area (Å²) in [6.45, 7) is 3.75. The molecule has 0 spiro atoms. The monoisotopic (exact) mass is 1300 g/mol. The SMILES string of the molecule is CCCCCCCCCCCCCCCCCCCCC(O)C(=O)NC(COC1OC(CO)C(O)C(O)C1OC1OC(COC2OC(CO)C(O)C(OC3OC(C)C(O)C(O)C3O)C2NC(C)=O)C(O)C(O)C1O)C(O)C(O)CCCCCCCCCCCC. The molecule has 0 aromatic heterocycles. The van der Waals surface area contributed by atoms with Crippen LogP contribution in [0.15, 0.2) is 0 Å². The van der Waals surface area contributed by atoms with Crippen LogP contribution in [0.2, 0.25) is 0 Å². The summed E-state index contributed by atoms with van der Waals surface area (Å²) in [5.74, 6) is -1.56. The Hall–Kier alpha value is -1.94. The maximum Gasteiger partial charge on any atom is 0.249 e. The highest BCUT2D eigenvalue weighted by Crippen LogP contribution is 2.34. The minimum atomic E-state index is -2.10. The number of aliphatic hydroxyl groups excluding tert-OH is 14. The van der Waals surface area contributed by atoms with Gasteiger partial charge in [-0.3, -0.25) is 9.59 Å². The van der Waals surface area contributed by atoms with Crippen molar-refractivity contribution in [3.05, 3.63) is 0 Å². The molecule has 4 fully saturated rings. The number of carbonyl (C=O) groups is 2. The molecule has 26 heteroatoms. The summed E-state index contributed by atoms with van der Waals surface area (Å²) in [6.07, 6.45) is -5.93. The lowest BCUT2D eigenvalue weighted by Crippen LogP contribution is -2.68. The van der Waals surface area contributed by atoms with Gasteiger partial charge in [-0.1, -0.05) is 194 Å². The average Bonchev–Trinajstić information content (AvgIpc) is 0.943. The number of ether oxygens (including phenoxy) is 8. The Morgan fingerprint density at radius 3 is 1.34 bits per heavy atom. The highest BCUT2D eigenvalue weighted by atomic mass is 16.8. The number of unbranched alkanes of at least 4 members (excludes halogenated alkanes) is 26. The van der Waals surface area contributed by atoms with E-state index < -0.39 is 185 Å². The van der Waals surface area contributed by atoms with Crippen LogP contribution in [0.3, 0.4) is 0 Å². The summed E-state index contributed by atoms with van der Waals surface area (Å²) in [4.78, 5) is 26.3. The summed E-state index contributed by atoms with van der Waals surface area (Å²) in [5, 5.41) is 159. The topological polar surface area (TPSA) is 415 Å². The number of aliphatic hydroxyl groups is 14. The second-order valence-corrected chi connectivity index (χ2v) is 25.7. The van der Waals surface area contributed by atoms with Crippen molar-refractivity contribution in [3.63, 3.8) is 0 Å². The van der Waals surface area contributed by atoms with Gasteiger partial charge in [0.1, 0.15) is 104 Å². The van der Waals surface area contributed by atoms with Crippen molar-refractivity contribution in [2.45, 2.75) is 367 Å². The maximum atomic E-state index is 13.7. The average molecular weight is 1300 g/mol. The van der Waals surface area contributed by atoms with Crippen LogP contribution in [0.25, 0.3) is 0 Å². The number of rotatable bonds is 47. The van der Waals surface area contributed by atoms with Crippen molar-refractivity contribution in [2.24, 2.45) is 0 Å². The van der Waals surface area contributed by atoms with Gasteiger partial charge >= 0.3 is 0 Å². The second kappa shape index (κ2) is 44.7. The largest absolute Gasteiger partial charge is 0.394 e. The minimum Gasteiger partial charge on any atom is -0.394 e. The molecule has 4 aliphatic rings. The Morgan fingerprint density at radius 1 is 0.444 bits per heavy atom. The lowest BCUT2D eigenvalue weighted by molar-refractivity contribution is -0.373. The van der Waals surface area contributed by atoms with Gasteiger partial charge in [0.05, 0.1) is 44.7 Å². The lowest BCUT2D eigenvalue weighted by Gasteiger charge is -2.48. The van der Waals surface area contributed by atoms with Crippen LogP contribution in [-0.2, 0) is 47.5 Å². The van der Waals surface area contributed by atoms with E-state index in [-0.39, 0.29) is 12.8 Å². The van der Waals surface area contributed by atoms with Crippen LogP contribution in [0.5, 0.6) is 0 Å². The fourth-order valence-corrected chi connectivity index (χ4v) is 12.2. The van der Waals surface area contributed by atoms with Crippen LogP contribution in [-0.4, -0.2) is 257 Å². The Labute approximate surface area is 533 Å². The molecule has 4 saturated heterocycles. The van der Waals surface area contributed by atoms with Gasteiger partial charge in [0, 0.05) is 6.92 Å². The predicted octanol–water partition coefficient (Wildman–Crippen LogP) is 1.76. The maximum absolute atomic E-state index is 13.7. The normalized spacial score (nSPS) is 33.8. The van der Waals surface area contributed by atoms with Crippen LogP contribution >= 0.6 is 0 Å². The molecule has 530 valence electrons. The van der Waals surface area contributed by atoms with E-state index in [1.807, 2.05) is 0 Å². The van der Waals surface area contributed by atoms with Gasteiger partial charge in [-0.2, -0.15) is 0 Å². The van der Waals surface area contributed by atoms with Crippen molar-refractivity contribution < 1.29 is 119 Å². The van der Waals surface area contributed by atoms with E-state index >= 15 is 0 Å². The van der Waals surface area contributed by atoms with Gasteiger partial charge < -0.3 is 120 Å². The van der Waals surface area contributed by atoms with Crippen LogP contribution < -0.4 is 10.6 Å². The molecule has 0 aromatic rings. The Bertz CT molecular complexity index is 1870. The zero-order chi connectivity index (χ0) is 66.1. The second-order valence-electron chi connectivity index (χ2n) is 25.7. The summed E-state index contributed by atoms with van der Waals surface area (Å²) in [5.41, 5.74) is 0. The van der Waals surface area contributed by atoms with Gasteiger partial charge in [0.2, 0.25) is 11.8 Å². The third kappa shape index (κ3) is 26.9. The molecule has 24 atom stereocenters. The zero-order valence-electron chi connectivity index (χ0n) is 54.2. The van der Waals surface area contributed by atoms with E-state index in [4.69, 9.17) is 37.9 Å². The Kier molecular flexibility index (Phi) is 40.0. The zero-order valence-corrected chi connectivity index (χ0v) is 54.2. The van der Waals surface area contributed by atoms with Gasteiger partial charge in [-0.15, -0.1) is 0 Å². The summed E-state index contributed by atoms with van der Waals surface area (Å²) in [6, 6.07) is -2.92. The molecule has 0 aromatic carbocycles. The first-order valence-corrected chi connectivity index (χ1v) is 34.3. The van der Waals surface area contributed by atoms with Crippen LogP contribution in [0.4, 0.5) is 0 Å². The van der Waals surface area contributed by atoms with E-state index in [1.165, 1.54) is 116 Å². The van der Waals surface area contributed by atoms with E-state index in [0.717, 1.165) is 64.7 Å². The molecule has 26 nitrogen and oxygen atoms in total. The molecule has 24 unspecified atom stereocenters. The van der Waals surface area contributed by atoms with Gasteiger partial charge in [0.25, 0.3) is 0 Å². The fraction of sp³-hybridized carbons (Fsp3) is 0.969. The van der Waals surface area contributed by atoms with E-state index in [9.17, 15) is 81.1 Å². The Morgan fingerprint density at radius 2 is 0.856 bits per heavy atom. The standard InChI is InChI=1S/C64H120N2O24/c1-5-7-9-11-13-15-17-18-19-20-21-22-23-24-26-28-30-32-34-43(71)60(82)66-41(49(73)42(70)33-31-29-27-25-16-14-12-10-8-6-2)37-83-64-59(55(79)50(74)44(35-67)87-64)90-63-57(81)54(78)51(75)46(88-63)38-84-61-47(65-40(4)69)58(52(76)45(36-68)86-61)89-62-56(80)53(77)48(72)39(3)85-62/h39,41-59,61-64,67-68,70-81H,5-38H2,1-4H3,(H,65,69)(H,66,82). The highest BCUT2D eigenvalue weighted by Gasteiger charge is 2.54. The molecule has 4 aliphatic heterocycles. The van der Waals surface area contributed by atoms with Gasteiger partial charge in [0.15, 0.2) is 25.2 Å². The molecule has 16 N–H and O–H groups in total. The third-order valence-electron chi connectivity index (χ3n) is 18.1. The van der Waals surface area contributed by atoms with Gasteiger partial charge in [-0.05, 0) is 19.8 Å². The van der Waals surface area contributed by atoms with Crippen molar-refractivity contribution in [2.75, 3.05) is 26.4 Å². The quantitative estimate of drug-likeness (QED) is 0.0386. The Balaban J connectivity index is 1.41. The van der Waals surface area contributed by atoms with Crippen LogP contribution in [0.1, 0.15) is 220 Å². The number of carbonyl (C=O) groups excluding carboxylic acids is 2. The summed E-state index contributed by atoms with van der Waals surface area (Å²) >= 11 is 0. The molecule has 2 amide bonds. The summed E-state index contributed by atoms with van der Waals surface area (Å²) in [7, 11) is 0. The first-order chi connectivity index (χ1) is 43.2. The van der Waals surface area contributed by atoms with Crippen molar-refractivity contribution in [1.82, 2.24) is 10.6 Å². The van der Waals surface area contributed by atoms with Crippen molar-refractivity contribution in [3.8, 4) is 0 Å². The van der Waals surface area contributed by atoms with E-state index in [1.54, 1.807) is 0 Å². The first kappa shape index (κ1) is 80.5. The number of hydrogen-bond donors (Lipinski definition) is 16. The van der Waals surface area contributed by atoms with Crippen LogP contribution in [0, 0.1) is 0 Å². The van der Waals surface area contributed by atoms with E-state index in [2.05, 4.69) is 24.5 Å². The smallest absolute Gasteiger partial charge is 0.249 e. The highest BCUT2D eigenvalue weighted by molar-refractivity contribution is 5.80. The molecular weight excluding hydrogens is 1180 g/mol. The lowest BCUT2D eigenvalue weighted by atomic mass is 9.95. The van der Waals surface area contributed by atoms with Gasteiger partial charge in [-0.25, -0.2) is 0 Å². The molecule has 0 bridgehead atoms. The number of nitrogens with one attached hydrogen (secondary N) is 2. The van der Waals surface area contributed by atoms with Crippen molar-refractivity contribution in [1.29, 1.82) is 0 Å². The molecule has 0 saturated carbocycles. The molecule has 90 heavy (non-hydrogen) atoms. The molecule has 0 radical (unpaired) electrons. The molecule has 4 heterocycles. The minimum absolute atomic E-state index is 0.124. The fourth-order valence-electron chi connectivity index (χ4n) is 12.2. The summed E-state index contributed by atoms with van der Waals surface area (Å²) < 4.78 is 47.1. The van der Waals surface area contributed by atoms with Crippen molar-refractivity contribution >= 4 is 11.8 Å².